The van der Waals surface area contributed by atoms with Crippen molar-refractivity contribution in [3.8, 4) is 0 Å². The first-order valence-electron chi connectivity index (χ1n) is 9.09. The lowest BCUT2D eigenvalue weighted by atomic mass is 10.1. The summed E-state index contributed by atoms with van der Waals surface area (Å²) in [6, 6.07) is 17.9. The molecule has 0 aliphatic carbocycles. The standard InChI is InChI=1S/C21H23BrN4O/c1-3-13-26(16(2)18-11-7-8-12-19(18)22)21(27)20-15-25(24-23-20)14-17-9-5-4-6-10-17/h4-12,15-16H,3,13-14H2,1-2H3. The quantitative estimate of drug-likeness (QED) is 0.549. The van der Waals surface area contributed by atoms with E-state index < -0.39 is 0 Å². The number of aromatic nitrogens is 3. The summed E-state index contributed by atoms with van der Waals surface area (Å²) in [5.41, 5.74) is 2.57. The van der Waals surface area contributed by atoms with Gasteiger partial charge in [0.2, 0.25) is 0 Å². The number of nitrogens with zero attached hydrogens (tertiary/aromatic N) is 4. The summed E-state index contributed by atoms with van der Waals surface area (Å²) in [6.07, 6.45) is 2.60. The third-order valence-electron chi connectivity index (χ3n) is 4.49. The van der Waals surface area contributed by atoms with Crippen molar-refractivity contribution in [1.29, 1.82) is 0 Å². The number of carbonyl (C=O) groups is 1. The minimum atomic E-state index is -0.0978. The molecule has 140 valence electrons. The molecule has 1 unspecified atom stereocenters. The molecule has 1 aromatic heterocycles. The van der Waals surface area contributed by atoms with Gasteiger partial charge in [-0.1, -0.05) is 76.6 Å². The molecule has 0 bridgehead atoms. The summed E-state index contributed by atoms with van der Waals surface area (Å²) in [5, 5.41) is 8.26. The van der Waals surface area contributed by atoms with Gasteiger partial charge in [-0.25, -0.2) is 4.68 Å². The zero-order valence-electron chi connectivity index (χ0n) is 15.5. The fraction of sp³-hybridized carbons (Fsp3) is 0.286. The lowest BCUT2D eigenvalue weighted by molar-refractivity contribution is 0.0684. The van der Waals surface area contributed by atoms with Crippen molar-refractivity contribution >= 4 is 21.8 Å². The molecule has 27 heavy (non-hydrogen) atoms. The van der Waals surface area contributed by atoms with Crippen LogP contribution < -0.4 is 0 Å². The predicted octanol–water partition coefficient (Wildman–Crippen LogP) is 4.70. The van der Waals surface area contributed by atoms with Gasteiger partial charge in [0, 0.05) is 11.0 Å². The lowest BCUT2D eigenvalue weighted by Crippen LogP contribution is -2.34. The maximum Gasteiger partial charge on any atom is 0.276 e. The minimum absolute atomic E-state index is 0.0627. The fourth-order valence-corrected chi connectivity index (χ4v) is 3.70. The number of benzene rings is 2. The molecular weight excluding hydrogens is 404 g/mol. The highest BCUT2D eigenvalue weighted by Gasteiger charge is 2.25. The van der Waals surface area contributed by atoms with Gasteiger partial charge in [0.1, 0.15) is 0 Å². The van der Waals surface area contributed by atoms with Crippen LogP contribution in [0.25, 0.3) is 0 Å². The first kappa shape index (κ1) is 19.3. The number of hydrogen-bond donors (Lipinski definition) is 0. The molecule has 0 aliphatic rings. The molecule has 0 saturated carbocycles. The Bertz CT molecular complexity index is 894. The number of rotatable bonds is 7. The molecule has 6 heteroatoms. The van der Waals surface area contributed by atoms with Gasteiger partial charge in [-0.05, 0) is 30.5 Å². The number of amides is 1. The van der Waals surface area contributed by atoms with E-state index in [9.17, 15) is 4.79 Å². The largest absolute Gasteiger partial charge is 0.330 e. The van der Waals surface area contributed by atoms with Crippen LogP contribution in [-0.2, 0) is 6.54 Å². The van der Waals surface area contributed by atoms with Crippen molar-refractivity contribution in [2.75, 3.05) is 6.54 Å². The summed E-state index contributed by atoms with van der Waals surface area (Å²) < 4.78 is 2.70. The van der Waals surface area contributed by atoms with Crippen LogP contribution in [0.1, 0.15) is 47.9 Å². The van der Waals surface area contributed by atoms with Crippen molar-refractivity contribution in [1.82, 2.24) is 19.9 Å². The van der Waals surface area contributed by atoms with Gasteiger partial charge in [-0.3, -0.25) is 4.79 Å². The average molecular weight is 427 g/mol. The van der Waals surface area contributed by atoms with Crippen molar-refractivity contribution in [3.63, 3.8) is 0 Å². The molecular formula is C21H23BrN4O. The summed E-state index contributed by atoms with van der Waals surface area (Å²) in [6.45, 7) is 5.36. The van der Waals surface area contributed by atoms with Crippen LogP contribution >= 0.6 is 15.9 Å². The van der Waals surface area contributed by atoms with Crippen LogP contribution in [0.2, 0.25) is 0 Å². The molecule has 0 N–H and O–H groups in total. The molecule has 0 spiro atoms. The second-order valence-electron chi connectivity index (χ2n) is 6.48. The van der Waals surface area contributed by atoms with E-state index in [-0.39, 0.29) is 11.9 Å². The highest BCUT2D eigenvalue weighted by molar-refractivity contribution is 9.10. The first-order chi connectivity index (χ1) is 13.1. The van der Waals surface area contributed by atoms with Crippen LogP contribution in [0.4, 0.5) is 0 Å². The van der Waals surface area contributed by atoms with Gasteiger partial charge in [-0.2, -0.15) is 0 Å². The lowest BCUT2D eigenvalue weighted by Gasteiger charge is -2.29. The maximum atomic E-state index is 13.1. The van der Waals surface area contributed by atoms with E-state index in [2.05, 4.69) is 33.2 Å². The average Bonchev–Trinajstić information content (AvgIpc) is 3.15. The van der Waals surface area contributed by atoms with Gasteiger partial charge >= 0.3 is 0 Å². The van der Waals surface area contributed by atoms with E-state index in [1.54, 1.807) is 10.9 Å². The maximum absolute atomic E-state index is 13.1. The predicted molar refractivity (Wildman–Crippen MR) is 109 cm³/mol. The van der Waals surface area contributed by atoms with E-state index in [0.717, 1.165) is 22.0 Å². The summed E-state index contributed by atoms with van der Waals surface area (Å²) in [4.78, 5) is 15.0. The molecule has 0 aliphatic heterocycles. The monoisotopic (exact) mass is 426 g/mol. The Morgan fingerprint density at radius 1 is 1.15 bits per heavy atom. The first-order valence-corrected chi connectivity index (χ1v) is 9.89. The van der Waals surface area contributed by atoms with Gasteiger partial charge in [0.15, 0.2) is 5.69 Å². The SMILES string of the molecule is CCCN(C(=O)c1cn(Cc2ccccc2)nn1)C(C)c1ccccc1Br. The zero-order chi connectivity index (χ0) is 19.2. The molecule has 1 heterocycles. The Hall–Kier alpha value is -2.47. The van der Waals surface area contributed by atoms with E-state index in [1.807, 2.05) is 66.4 Å². The molecule has 1 amide bonds. The van der Waals surface area contributed by atoms with Crippen LogP contribution in [-0.4, -0.2) is 32.3 Å². The molecule has 3 rings (SSSR count). The molecule has 5 nitrogen and oxygen atoms in total. The van der Waals surface area contributed by atoms with E-state index in [4.69, 9.17) is 0 Å². The van der Waals surface area contributed by atoms with Crippen LogP contribution in [0.5, 0.6) is 0 Å². The van der Waals surface area contributed by atoms with Crippen LogP contribution in [0.3, 0.4) is 0 Å². The Morgan fingerprint density at radius 2 is 1.85 bits per heavy atom. The van der Waals surface area contributed by atoms with Gasteiger partial charge in [-0.15, -0.1) is 5.10 Å². The third-order valence-corrected chi connectivity index (χ3v) is 5.22. The number of halogens is 1. The van der Waals surface area contributed by atoms with Crippen LogP contribution in [0.15, 0.2) is 65.3 Å². The second-order valence-corrected chi connectivity index (χ2v) is 7.34. The highest BCUT2D eigenvalue weighted by atomic mass is 79.9. The second kappa shape index (κ2) is 8.95. The molecule has 0 saturated heterocycles. The number of carbonyl (C=O) groups excluding carboxylic acids is 1. The molecule has 0 fully saturated rings. The Kier molecular flexibility index (Phi) is 6.40. The zero-order valence-corrected chi connectivity index (χ0v) is 17.1. The van der Waals surface area contributed by atoms with Crippen molar-refractivity contribution in [2.45, 2.75) is 32.9 Å². The van der Waals surface area contributed by atoms with Crippen LogP contribution in [0, 0.1) is 0 Å². The van der Waals surface area contributed by atoms with Gasteiger partial charge in [0.05, 0.1) is 18.8 Å². The van der Waals surface area contributed by atoms with E-state index >= 15 is 0 Å². The van der Waals surface area contributed by atoms with Crippen molar-refractivity contribution in [3.05, 3.63) is 82.1 Å². The highest BCUT2D eigenvalue weighted by Crippen LogP contribution is 2.28. The van der Waals surface area contributed by atoms with E-state index in [1.165, 1.54) is 0 Å². The summed E-state index contributed by atoms with van der Waals surface area (Å²) in [5.74, 6) is -0.0978. The van der Waals surface area contributed by atoms with E-state index in [0.29, 0.717) is 18.8 Å². The van der Waals surface area contributed by atoms with Gasteiger partial charge < -0.3 is 4.90 Å². The number of hydrogen-bond acceptors (Lipinski definition) is 3. The molecule has 1 atom stereocenters. The Balaban J connectivity index is 1.80. The Morgan fingerprint density at radius 3 is 2.56 bits per heavy atom. The fourth-order valence-electron chi connectivity index (χ4n) is 3.09. The molecule has 3 aromatic rings. The minimum Gasteiger partial charge on any atom is -0.330 e. The summed E-state index contributed by atoms with van der Waals surface area (Å²) in [7, 11) is 0. The smallest absolute Gasteiger partial charge is 0.276 e. The van der Waals surface area contributed by atoms with Crippen molar-refractivity contribution < 1.29 is 4.79 Å². The molecule has 0 radical (unpaired) electrons. The topological polar surface area (TPSA) is 51.0 Å². The molecule has 2 aromatic carbocycles. The normalized spacial score (nSPS) is 12.0. The Labute approximate surface area is 168 Å². The van der Waals surface area contributed by atoms with Crippen molar-refractivity contribution in [2.24, 2.45) is 0 Å². The van der Waals surface area contributed by atoms with Gasteiger partial charge in [0.25, 0.3) is 5.91 Å². The third kappa shape index (κ3) is 4.63. The summed E-state index contributed by atoms with van der Waals surface area (Å²) >= 11 is 3.59.